The van der Waals surface area contributed by atoms with E-state index in [0.29, 0.717) is 11.1 Å². The Morgan fingerprint density at radius 1 is 1.21 bits per heavy atom. The van der Waals surface area contributed by atoms with Gasteiger partial charge in [0.25, 0.3) is 5.69 Å². The van der Waals surface area contributed by atoms with E-state index in [9.17, 15) is 20.0 Å². The maximum Gasteiger partial charge on any atom is 0.335 e. The molecule has 3 rings (SSSR count). The topological polar surface area (TPSA) is 139 Å². The number of benzene rings is 2. The minimum absolute atomic E-state index is 0.0341. The van der Waals surface area contributed by atoms with Crippen LogP contribution >= 0.6 is 0 Å². The Morgan fingerprint density at radius 2 is 1.89 bits per heavy atom. The number of phenols is 1. The number of carbonyl (C=O) groups is 1. The van der Waals surface area contributed by atoms with Crippen molar-refractivity contribution < 1.29 is 19.9 Å². The average molecular weight is 383 g/mol. The van der Waals surface area contributed by atoms with Crippen LogP contribution in [0.3, 0.4) is 0 Å². The molecule has 0 aliphatic heterocycles. The Kier molecular flexibility index (Phi) is 5.70. The molecule has 1 aliphatic carbocycles. The summed E-state index contributed by atoms with van der Waals surface area (Å²) in [6.07, 6.45) is 5.39. The highest BCUT2D eigenvalue weighted by atomic mass is 16.6. The average Bonchev–Trinajstić information content (AvgIpc) is 2.68. The first kappa shape index (κ1) is 19.5. The molecule has 1 aliphatic rings. The lowest BCUT2D eigenvalue weighted by atomic mass is 9.91. The standard InChI is InChI=1S/C20H21N3O5/c21-16-3-1-2-4-17(16)22-11-14-9-15(18(23(27)28)10-19(14)24)12-5-7-13(8-6-12)20(25)26/h5-11,16-17,24H,1-4,21H2,(H,25,26)/t16-,17-/m0/s1. The highest BCUT2D eigenvalue weighted by Crippen LogP contribution is 2.35. The normalized spacial score (nSPS) is 19.6. The summed E-state index contributed by atoms with van der Waals surface area (Å²) in [6, 6.07) is 8.26. The summed E-state index contributed by atoms with van der Waals surface area (Å²) in [5, 5.41) is 30.7. The van der Waals surface area contributed by atoms with E-state index in [4.69, 9.17) is 10.8 Å². The second-order valence-corrected chi connectivity index (χ2v) is 6.86. The Morgan fingerprint density at radius 3 is 2.50 bits per heavy atom. The van der Waals surface area contributed by atoms with E-state index in [1.54, 1.807) is 0 Å². The zero-order valence-corrected chi connectivity index (χ0v) is 15.1. The summed E-state index contributed by atoms with van der Waals surface area (Å²) >= 11 is 0. The van der Waals surface area contributed by atoms with Gasteiger partial charge in [-0.05, 0) is 36.6 Å². The van der Waals surface area contributed by atoms with Crippen molar-refractivity contribution in [3.63, 3.8) is 0 Å². The van der Waals surface area contributed by atoms with Crippen LogP contribution in [0.2, 0.25) is 0 Å². The van der Waals surface area contributed by atoms with Gasteiger partial charge in [0.15, 0.2) is 0 Å². The van der Waals surface area contributed by atoms with E-state index < -0.39 is 10.9 Å². The first-order chi connectivity index (χ1) is 13.4. The summed E-state index contributed by atoms with van der Waals surface area (Å²) in [5.74, 6) is -1.32. The molecular formula is C20H21N3O5. The molecule has 1 fully saturated rings. The highest BCUT2D eigenvalue weighted by Gasteiger charge is 2.22. The third-order valence-electron chi connectivity index (χ3n) is 4.97. The summed E-state index contributed by atoms with van der Waals surface area (Å²) in [5.41, 5.74) is 6.99. The van der Waals surface area contributed by atoms with Crippen molar-refractivity contribution in [1.82, 2.24) is 0 Å². The lowest BCUT2D eigenvalue weighted by Gasteiger charge is -2.25. The molecule has 8 nitrogen and oxygen atoms in total. The number of aliphatic imine (C=N–C) groups is 1. The summed E-state index contributed by atoms with van der Waals surface area (Å²) < 4.78 is 0. The van der Waals surface area contributed by atoms with Gasteiger partial charge >= 0.3 is 5.97 Å². The van der Waals surface area contributed by atoms with Crippen molar-refractivity contribution in [2.24, 2.45) is 10.7 Å². The van der Waals surface area contributed by atoms with Gasteiger partial charge in [0.05, 0.1) is 28.2 Å². The maximum absolute atomic E-state index is 11.4. The van der Waals surface area contributed by atoms with Crippen LogP contribution in [0.25, 0.3) is 11.1 Å². The molecule has 2 aromatic rings. The molecule has 146 valence electrons. The van der Waals surface area contributed by atoms with E-state index in [1.807, 2.05) is 0 Å². The first-order valence-corrected chi connectivity index (χ1v) is 9.00. The second-order valence-electron chi connectivity index (χ2n) is 6.86. The lowest BCUT2D eigenvalue weighted by Crippen LogP contribution is -2.36. The van der Waals surface area contributed by atoms with Crippen molar-refractivity contribution in [2.75, 3.05) is 0 Å². The molecule has 0 heterocycles. The van der Waals surface area contributed by atoms with Gasteiger partial charge in [0.2, 0.25) is 0 Å². The summed E-state index contributed by atoms with van der Waals surface area (Å²) in [6.45, 7) is 0. The smallest absolute Gasteiger partial charge is 0.335 e. The van der Waals surface area contributed by atoms with Gasteiger partial charge in [-0.25, -0.2) is 4.79 Å². The van der Waals surface area contributed by atoms with Gasteiger partial charge in [-0.1, -0.05) is 25.0 Å². The van der Waals surface area contributed by atoms with Gasteiger partial charge in [0, 0.05) is 17.8 Å². The van der Waals surface area contributed by atoms with Gasteiger partial charge < -0.3 is 15.9 Å². The molecular weight excluding hydrogens is 362 g/mol. The van der Waals surface area contributed by atoms with E-state index in [-0.39, 0.29) is 34.6 Å². The van der Waals surface area contributed by atoms with Crippen LogP contribution in [0.15, 0.2) is 41.4 Å². The Bertz CT molecular complexity index is 924. The number of aromatic hydroxyl groups is 1. The Balaban J connectivity index is 1.99. The predicted molar refractivity (Wildman–Crippen MR) is 105 cm³/mol. The highest BCUT2D eigenvalue weighted by molar-refractivity contribution is 5.91. The number of hydrogen-bond acceptors (Lipinski definition) is 6. The molecule has 0 saturated heterocycles. The number of nitrogens with two attached hydrogens (primary N) is 1. The molecule has 28 heavy (non-hydrogen) atoms. The van der Waals surface area contributed by atoms with Crippen LogP contribution in [-0.2, 0) is 0 Å². The van der Waals surface area contributed by atoms with Gasteiger partial charge in [-0.3, -0.25) is 15.1 Å². The number of carboxylic acid groups (broad SMARTS) is 1. The Labute approximate surface area is 161 Å². The Hall–Kier alpha value is -3.26. The van der Waals surface area contributed by atoms with Crippen LogP contribution in [-0.4, -0.2) is 39.4 Å². The van der Waals surface area contributed by atoms with Crippen molar-refractivity contribution in [1.29, 1.82) is 0 Å². The fraction of sp³-hybridized carbons (Fsp3) is 0.300. The van der Waals surface area contributed by atoms with Crippen LogP contribution < -0.4 is 5.73 Å². The van der Waals surface area contributed by atoms with Gasteiger partial charge in [-0.15, -0.1) is 0 Å². The lowest BCUT2D eigenvalue weighted by molar-refractivity contribution is -0.384. The van der Waals surface area contributed by atoms with E-state index >= 15 is 0 Å². The number of phenolic OH excluding ortho intramolecular Hbond substituents is 1. The molecule has 0 unspecified atom stereocenters. The third kappa shape index (κ3) is 4.17. The number of nitro groups is 1. The fourth-order valence-electron chi connectivity index (χ4n) is 3.37. The summed E-state index contributed by atoms with van der Waals surface area (Å²) in [7, 11) is 0. The molecule has 1 saturated carbocycles. The number of carboxylic acids is 1. The molecule has 0 bridgehead atoms. The summed E-state index contributed by atoms with van der Waals surface area (Å²) in [4.78, 5) is 26.3. The number of rotatable bonds is 5. The van der Waals surface area contributed by atoms with Crippen LogP contribution in [0, 0.1) is 10.1 Å². The van der Waals surface area contributed by atoms with Crippen LogP contribution in [0.1, 0.15) is 41.6 Å². The molecule has 0 aromatic heterocycles. The second kappa shape index (κ2) is 8.18. The van der Waals surface area contributed by atoms with Gasteiger partial charge in [0.1, 0.15) is 5.75 Å². The number of hydrogen-bond donors (Lipinski definition) is 3. The van der Waals surface area contributed by atoms with Crippen molar-refractivity contribution in [3.8, 4) is 16.9 Å². The first-order valence-electron chi connectivity index (χ1n) is 9.00. The quantitative estimate of drug-likeness (QED) is 0.411. The van der Waals surface area contributed by atoms with E-state index in [0.717, 1.165) is 31.7 Å². The van der Waals surface area contributed by atoms with E-state index in [2.05, 4.69) is 4.99 Å². The predicted octanol–water partition coefficient (Wildman–Crippen LogP) is 3.35. The minimum atomic E-state index is -1.08. The molecule has 0 radical (unpaired) electrons. The minimum Gasteiger partial charge on any atom is -0.507 e. The number of aromatic carboxylic acids is 1. The van der Waals surface area contributed by atoms with E-state index in [1.165, 1.54) is 36.5 Å². The zero-order valence-electron chi connectivity index (χ0n) is 15.1. The van der Waals surface area contributed by atoms with Crippen molar-refractivity contribution in [3.05, 3.63) is 57.6 Å². The molecule has 2 atom stereocenters. The number of nitrogens with zero attached hydrogens (tertiary/aromatic N) is 2. The van der Waals surface area contributed by atoms with Crippen LogP contribution in [0.4, 0.5) is 5.69 Å². The molecule has 0 amide bonds. The molecule has 4 N–H and O–H groups in total. The van der Waals surface area contributed by atoms with Crippen LogP contribution in [0.5, 0.6) is 5.75 Å². The van der Waals surface area contributed by atoms with Crippen molar-refractivity contribution in [2.45, 2.75) is 37.8 Å². The third-order valence-corrected chi connectivity index (χ3v) is 4.97. The molecule has 2 aromatic carbocycles. The zero-order chi connectivity index (χ0) is 20.3. The maximum atomic E-state index is 11.4. The monoisotopic (exact) mass is 383 g/mol. The van der Waals surface area contributed by atoms with Gasteiger partial charge in [-0.2, -0.15) is 0 Å². The fourth-order valence-corrected chi connectivity index (χ4v) is 3.37. The number of nitro benzene ring substituents is 1. The largest absolute Gasteiger partial charge is 0.507 e. The molecule has 0 spiro atoms. The van der Waals surface area contributed by atoms with Crippen molar-refractivity contribution >= 4 is 17.9 Å². The molecule has 8 heteroatoms. The SMILES string of the molecule is N[C@H]1CCCC[C@@H]1N=Cc1cc(-c2ccc(C(=O)O)cc2)c([N+](=O)[O-])cc1O.